The smallest absolute Gasteiger partial charge is 0.310 e. The van der Waals surface area contributed by atoms with Gasteiger partial charge < -0.3 is 15.4 Å². The van der Waals surface area contributed by atoms with Crippen LogP contribution in [-0.2, 0) is 20.7 Å². The molecule has 0 unspecified atom stereocenters. The molecule has 158 valence electrons. The number of carbonyl (C=O) groups is 3. The van der Waals surface area contributed by atoms with E-state index in [9.17, 15) is 14.4 Å². The van der Waals surface area contributed by atoms with E-state index in [1.54, 1.807) is 24.3 Å². The Kier molecular flexibility index (Phi) is 7.22. The highest BCUT2D eigenvalue weighted by Gasteiger charge is 2.20. The van der Waals surface area contributed by atoms with Gasteiger partial charge in [-0.25, -0.2) is 0 Å². The molecule has 1 aliphatic rings. The van der Waals surface area contributed by atoms with Gasteiger partial charge in [-0.1, -0.05) is 43.2 Å². The predicted octanol–water partition coefficient (Wildman–Crippen LogP) is 3.70. The van der Waals surface area contributed by atoms with Crippen LogP contribution >= 0.6 is 0 Å². The molecule has 2 N–H and O–H groups in total. The van der Waals surface area contributed by atoms with Crippen LogP contribution in [0, 0.1) is 13.8 Å². The molecule has 3 rings (SSSR count). The Morgan fingerprint density at radius 2 is 1.73 bits per heavy atom. The molecule has 0 heterocycles. The van der Waals surface area contributed by atoms with E-state index in [0.717, 1.165) is 42.4 Å². The van der Waals surface area contributed by atoms with Gasteiger partial charge in [0.15, 0.2) is 6.61 Å². The predicted molar refractivity (Wildman–Crippen MR) is 115 cm³/mol. The number of carbonyl (C=O) groups excluding carboxylic acids is 3. The summed E-state index contributed by atoms with van der Waals surface area (Å²) in [6.45, 7) is 3.59. The molecule has 0 spiro atoms. The van der Waals surface area contributed by atoms with Crippen LogP contribution in [0.5, 0.6) is 0 Å². The number of aryl methyl sites for hydroxylation is 2. The van der Waals surface area contributed by atoms with E-state index in [-0.39, 0.29) is 18.4 Å². The molecule has 1 saturated carbocycles. The third-order valence-electron chi connectivity index (χ3n) is 5.42. The summed E-state index contributed by atoms with van der Waals surface area (Å²) >= 11 is 0. The number of amides is 2. The largest absolute Gasteiger partial charge is 0.455 e. The average Bonchev–Trinajstić information content (AvgIpc) is 3.22. The van der Waals surface area contributed by atoms with Gasteiger partial charge in [-0.2, -0.15) is 0 Å². The summed E-state index contributed by atoms with van der Waals surface area (Å²) in [7, 11) is 0. The molecule has 2 aromatic rings. The van der Waals surface area contributed by atoms with Crippen molar-refractivity contribution in [3.63, 3.8) is 0 Å². The lowest BCUT2D eigenvalue weighted by Gasteiger charge is -2.15. The van der Waals surface area contributed by atoms with Crippen molar-refractivity contribution in [1.82, 2.24) is 5.32 Å². The second-order valence-corrected chi connectivity index (χ2v) is 7.80. The van der Waals surface area contributed by atoms with Crippen LogP contribution in [0.15, 0.2) is 42.5 Å². The van der Waals surface area contributed by atoms with Gasteiger partial charge in [0.1, 0.15) is 0 Å². The third kappa shape index (κ3) is 5.92. The minimum Gasteiger partial charge on any atom is -0.455 e. The Morgan fingerprint density at radius 1 is 1.00 bits per heavy atom. The molecule has 1 fully saturated rings. The van der Waals surface area contributed by atoms with Crippen LogP contribution in [-0.4, -0.2) is 30.4 Å². The van der Waals surface area contributed by atoms with Crippen molar-refractivity contribution in [2.24, 2.45) is 0 Å². The van der Waals surface area contributed by atoms with E-state index in [1.165, 1.54) is 0 Å². The summed E-state index contributed by atoms with van der Waals surface area (Å²) in [6, 6.07) is 12.8. The van der Waals surface area contributed by atoms with Gasteiger partial charge in [-0.3, -0.25) is 14.4 Å². The molecule has 0 aromatic heterocycles. The molecule has 0 aliphatic heterocycles. The highest BCUT2D eigenvalue weighted by Crippen LogP contribution is 2.20. The van der Waals surface area contributed by atoms with Gasteiger partial charge in [0.2, 0.25) is 0 Å². The Labute approximate surface area is 177 Å². The fraction of sp³-hybridized carbons (Fsp3) is 0.375. The maximum atomic E-state index is 12.6. The van der Waals surface area contributed by atoms with E-state index in [2.05, 4.69) is 10.6 Å². The zero-order chi connectivity index (χ0) is 21.5. The molecule has 0 radical (unpaired) electrons. The standard InChI is InChI=1S/C24H28N2O4/c1-16-11-12-18(13-17(16)2)14-23(28)30-15-22(27)26-21-10-6-5-9-20(21)24(29)25-19-7-3-4-8-19/h5-6,9-13,19H,3-4,7-8,14-15H2,1-2H3,(H,25,29)(H,26,27). The Balaban J connectivity index is 1.52. The average molecular weight is 408 g/mol. The van der Waals surface area contributed by atoms with Crippen molar-refractivity contribution < 1.29 is 19.1 Å². The van der Waals surface area contributed by atoms with Crippen LogP contribution < -0.4 is 10.6 Å². The molecular formula is C24H28N2O4. The Bertz CT molecular complexity index is 933. The van der Waals surface area contributed by atoms with Crippen molar-refractivity contribution in [1.29, 1.82) is 0 Å². The third-order valence-corrected chi connectivity index (χ3v) is 5.42. The quantitative estimate of drug-likeness (QED) is 0.684. The number of anilines is 1. The topological polar surface area (TPSA) is 84.5 Å². The van der Waals surface area contributed by atoms with Crippen molar-refractivity contribution in [3.05, 3.63) is 64.7 Å². The normalized spacial score (nSPS) is 13.7. The highest BCUT2D eigenvalue weighted by molar-refractivity contribution is 6.04. The monoisotopic (exact) mass is 408 g/mol. The van der Waals surface area contributed by atoms with E-state index < -0.39 is 18.5 Å². The van der Waals surface area contributed by atoms with Gasteiger partial charge in [0.25, 0.3) is 11.8 Å². The molecular weight excluding hydrogens is 380 g/mol. The number of ether oxygens (including phenoxy) is 1. The first-order chi connectivity index (χ1) is 14.4. The van der Waals surface area contributed by atoms with E-state index in [4.69, 9.17) is 4.74 Å². The summed E-state index contributed by atoms with van der Waals surface area (Å²) in [5.74, 6) is -1.16. The zero-order valence-electron chi connectivity index (χ0n) is 17.5. The number of para-hydroxylation sites is 1. The Hall–Kier alpha value is -3.15. The van der Waals surface area contributed by atoms with Gasteiger partial charge >= 0.3 is 5.97 Å². The number of benzene rings is 2. The molecule has 0 bridgehead atoms. The maximum absolute atomic E-state index is 12.6. The van der Waals surface area contributed by atoms with Crippen molar-refractivity contribution in [2.45, 2.75) is 52.0 Å². The minimum atomic E-state index is -0.482. The maximum Gasteiger partial charge on any atom is 0.310 e. The number of esters is 1. The SMILES string of the molecule is Cc1ccc(CC(=O)OCC(=O)Nc2ccccc2C(=O)NC2CCCC2)cc1C. The summed E-state index contributed by atoms with van der Waals surface area (Å²) < 4.78 is 5.11. The van der Waals surface area contributed by atoms with Crippen LogP contribution in [0.25, 0.3) is 0 Å². The van der Waals surface area contributed by atoms with Gasteiger partial charge in [0, 0.05) is 6.04 Å². The van der Waals surface area contributed by atoms with E-state index in [0.29, 0.717) is 11.3 Å². The molecule has 0 atom stereocenters. The zero-order valence-corrected chi connectivity index (χ0v) is 17.5. The number of hydrogen-bond donors (Lipinski definition) is 2. The Morgan fingerprint density at radius 3 is 2.47 bits per heavy atom. The van der Waals surface area contributed by atoms with Gasteiger partial charge in [-0.15, -0.1) is 0 Å². The molecule has 1 aliphatic carbocycles. The molecule has 30 heavy (non-hydrogen) atoms. The summed E-state index contributed by atoms with van der Waals surface area (Å²) in [4.78, 5) is 36.9. The first kappa shape index (κ1) is 21.6. The number of hydrogen-bond acceptors (Lipinski definition) is 4. The molecule has 2 aromatic carbocycles. The molecule has 6 nitrogen and oxygen atoms in total. The van der Waals surface area contributed by atoms with Crippen LogP contribution in [0.1, 0.15) is 52.7 Å². The fourth-order valence-corrected chi connectivity index (χ4v) is 3.59. The lowest BCUT2D eigenvalue weighted by molar-refractivity contribution is -0.146. The summed E-state index contributed by atoms with van der Waals surface area (Å²) in [6.07, 6.45) is 4.32. The van der Waals surface area contributed by atoms with Crippen molar-refractivity contribution in [3.8, 4) is 0 Å². The lowest BCUT2D eigenvalue weighted by Crippen LogP contribution is -2.33. The second-order valence-electron chi connectivity index (χ2n) is 7.80. The van der Waals surface area contributed by atoms with Crippen LogP contribution in [0.4, 0.5) is 5.69 Å². The number of rotatable bonds is 7. The summed E-state index contributed by atoms with van der Waals surface area (Å²) in [5, 5.41) is 5.69. The first-order valence-corrected chi connectivity index (χ1v) is 10.3. The second kappa shape index (κ2) is 10.1. The van der Waals surface area contributed by atoms with E-state index >= 15 is 0 Å². The molecule has 0 saturated heterocycles. The lowest BCUT2D eigenvalue weighted by atomic mass is 10.0. The van der Waals surface area contributed by atoms with Gasteiger partial charge in [0.05, 0.1) is 17.7 Å². The first-order valence-electron chi connectivity index (χ1n) is 10.3. The van der Waals surface area contributed by atoms with Crippen molar-refractivity contribution >= 4 is 23.5 Å². The van der Waals surface area contributed by atoms with Crippen molar-refractivity contribution in [2.75, 3.05) is 11.9 Å². The minimum absolute atomic E-state index is 0.106. The van der Waals surface area contributed by atoms with Crippen LogP contribution in [0.3, 0.4) is 0 Å². The van der Waals surface area contributed by atoms with Crippen LogP contribution in [0.2, 0.25) is 0 Å². The fourth-order valence-electron chi connectivity index (χ4n) is 3.59. The highest BCUT2D eigenvalue weighted by atomic mass is 16.5. The van der Waals surface area contributed by atoms with E-state index in [1.807, 2.05) is 32.0 Å². The van der Waals surface area contributed by atoms with Gasteiger partial charge in [-0.05, 0) is 55.5 Å². The number of nitrogens with one attached hydrogen (secondary N) is 2. The molecule has 6 heteroatoms. The molecule has 2 amide bonds. The summed E-state index contributed by atoms with van der Waals surface area (Å²) in [5.41, 5.74) is 3.91.